The smallest absolute Gasteiger partial charge is 0.122 e. The highest BCUT2D eigenvalue weighted by Gasteiger charge is 2.40. The van der Waals surface area contributed by atoms with E-state index >= 15 is 0 Å². The number of benzene rings is 1. The second-order valence-corrected chi connectivity index (χ2v) is 7.09. The van der Waals surface area contributed by atoms with Gasteiger partial charge in [-0.25, -0.2) is 0 Å². The molecule has 1 aliphatic heterocycles. The predicted octanol–water partition coefficient (Wildman–Crippen LogP) is 2.96. The third-order valence-electron chi connectivity index (χ3n) is 5.45. The first-order chi connectivity index (χ1) is 12.3. The minimum atomic E-state index is 0. The Morgan fingerprint density at radius 1 is 1.27 bits per heavy atom. The molecule has 1 aliphatic carbocycles. The molecule has 4 rings (SSSR count). The SMILES string of the molecule is CCCN1C[C@@H](Cn2cccn2)O[C@@H]2Cc3c(cccc3OC)C[C@H]21.Cl. The average Bonchev–Trinajstić information content (AvgIpc) is 3.13. The van der Waals surface area contributed by atoms with Gasteiger partial charge in [-0.05, 0) is 42.6 Å². The van der Waals surface area contributed by atoms with E-state index in [0.717, 1.165) is 38.2 Å². The number of ether oxygens (including phenoxy) is 2. The van der Waals surface area contributed by atoms with E-state index in [4.69, 9.17) is 9.47 Å². The number of rotatable bonds is 5. The van der Waals surface area contributed by atoms with Crippen molar-refractivity contribution in [2.75, 3.05) is 20.2 Å². The number of fused-ring (bicyclic) bond motifs is 2. The molecular formula is C20H28ClN3O2. The van der Waals surface area contributed by atoms with Crippen LogP contribution >= 0.6 is 12.4 Å². The summed E-state index contributed by atoms with van der Waals surface area (Å²) in [6.07, 6.45) is 7.40. The van der Waals surface area contributed by atoms with Crippen molar-refractivity contribution in [3.05, 3.63) is 47.8 Å². The first-order valence-corrected chi connectivity index (χ1v) is 9.30. The van der Waals surface area contributed by atoms with Gasteiger partial charge >= 0.3 is 0 Å². The Kier molecular flexibility index (Phi) is 6.22. The molecule has 1 saturated heterocycles. The van der Waals surface area contributed by atoms with Gasteiger partial charge in [0.25, 0.3) is 0 Å². The van der Waals surface area contributed by atoms with Crippen LogP contribution in [0.3, 0.4) is 0 Å². The molecule has 0 N–H and O–H groups in total. The van der Waals surface area contributed by atoms with Crippen molar-refractivity contribution < 1.29 is 9.47 Å². The van der Waals surface area contributed by atoms with E-state index in [9.17, 15) is 0 Å². The van der Waals surface area contributed by atoms with Gasteiger partial charge in [-0.3, -0.25) is 9.58 Å². The normalized spacial score (nSPS) is 25.1. The van der Waals surface area contributed by atoms with Crippen LogP contribution in [0.15, 0.2) is 36.7 Å². The molecule has 3 atom stereocenters. The van der Waals surface area contributed by atoms with E-state index in [-0.39, 0.29) is 24.6 Å². The minimum Gasteiger partial charge on any atom is -0.496 e. The minimum absolute atomic E-state index is 0. The molecule has 26 heavy (non-hydrogen) atoms. The summed E-state index contributed by atoms with van der Waals surface area (Å²) >= 11 is 0. The number of halogens is 1. The number of methoxy groups -OCH3 is 1. The van der Waals surface area contributed by atoms with Gasteiger partial charge in [0.2, 0.25) is 0 Å². The van der Waals surface area contributed by atoms with Gasteiger partial charge in [-0.15, -0.1) is 12.4 Å². The van der Waals surface area contributed by atoms with Crippen LogP contribution in [-0.2, 0) is 24.1 Å². The Morgan fingerprint density at radius 2 is 2.15 bits per heavy atom. The zero-order valence-electron chi connectivity index (χ0n) is 15.5. The zero-order chi connectivity index (χ0) is 17.2. The van der Waals surface area contributed by atoms with Gasteiger partial charge in [0.15, 0.2) is 0 Å². The first-order valence-electron chi connectivity index (χ1n) is 9.30. The summed E-state index contributed by atoms with van der Waals surface area (Å²) in [5.41, 5.74) is 2.73. The fourth-order valence-corrected chi connectivity index (χ4v) is 4.37. The molecule has 0 unspecified atom stereocenters. The lowest BCUT2D eigenvalue weighted by molar-refractivity contribution is -0.128. The van der Waals surface area contributed by atoms with Crippen LogP contribution in [0.2, 0.25) is 0 Å². The van der Waals surface area contributed by atoms with Crippen molar-refractivity contribution in [2.24, 2.45) is 0 Å². The van der Waals surface area contributed by atoms with Gasteiger partial charge in [0, 0.05) is 31.4 Å². The molecule has 142 valence electrons. The van der Waals surface area contributed by atoms with E-state index in [1.807, 2.05) is 23.1 Å². The lowest BCUT2D eigenvalue weighted by Crippen LogP contribution is -2.58. The fraction of sp³-hybridized carbons (Fsp3) is 0.550. The summed E-state index contributed by atoms with van der Waals surface area (Å²) in [6.45, 7) is 5.18. The Labute approximate surface area is 161 Å². The van der Waals surface area contributed by atoms with E-state index in [1.54, 1.807) is 7.11 Å². The molecule has 0 spiro atoms. The maximum Gasteiger partial charge on any atom is 0.122 e. The van der Waals surface area contributed by atoms with Crippen LogP contribution < -0.4 is 4.74 Å². The third kappa shape index (κ3) is 3.75. The Balaban J connectivity index is 0.00000196. The summed E-state index contributed by atoms with van der Waals surface area (Å²) < 4.78 is 14.1. The largest absolute Gasteiger partial charge is 0.496 e. The second-order valence-electron chi connectivity index (χ2n) is 7.09. The van der Waals surface area contributed by atoms with Crippen molar-refractivity contribution in [1.29, 1.82) is 0 Å². The summed E-state index contributed by atoms with van der Waals surface area (Å²) in [6, 6.07) is 8.85. The summed E-state index contributed by atoms with van der Waals surface area (Å²) in [5, 5.41) is 4.35. The maximum atomic E-state index is 6.54. The highest BCUT2D eigenvalue weighted by atomic mass is 35.5. The topological polar surface area (TPSA) is 39.5 Å². The third-order valence-corrected chi connectivity index (χ3v) is 5.45. The monoisotopic (exact) mass is 377 g/mol. The van der Waals surface area contributed by atoms with Crippen molar-refractivity contribution in [3.8, 4) is 5.75 Å². The van der Waals surface area contributed by atoms with E-state index in [1.165, 1.54) is 17.5 Å². The summed E-state index contributed by atoms with van der Waals surface area (Å²) in [7, 11) is 1.76. The number of aromatic nitrogens is 2. The van der Waals surface area contributed by atoms with Gasteiger partial charge in [0.1, 0.15) is 5.75 Å². The molecule has 0 radical (unpaired) electrons. The lowest BCUT2D eigenvalue weighted by atomic mass is 9.83. The molecule has 5 nitrogen and oxygen atoms in total. The van der Waals surface area contributed by atoms with Crippen molar-refractivity contribution in [1.82, 2.24) is 14.7 Å². The maximum absolute atomic E-state index is 6.54. The standard InChI is InChI=1S/C20H27N3O2.ClH/c1-3-9-22-13-16(14-23-10-5-8-21-23)25-20-12-17-15(11-18(20)22)6-4-7-19(17)24-2;/h4-8,10,16,18,20H,3,9,11-14H2,1-2H3;1H/t16-,18+,20+;/m0./s1. The Hall–Kier alpha value is -1.56. The van der Waals surface area contributed by atoms with Crippen LogP contribution in [-0.4, -0.2) is 53.1 Å². The van der Waals surface area contributed by atoms with Gasteiger partial charge in [-0.1, -0.05) is 19.1 Å². The average molecular weight is 378 g/mol. The number of morpholine rings is 1. The van der Waals surface area contributed by atoms with Gasteiger partial charge in [0.05, 0.1) is 25.9 Å². The van der Waals surface area contributed by atoms with Gasteiger partial charge in [-0.2, -0.15) is 5.10 Å². The molecule has 0 saturated carbocycles. The molecular weight excluding hydrogens is 350 g/mol. The summed E-state index contributed by atoms with van der Waals surface area (Å²) in [5.74, 6) is 0.996. The molecule has 2 heterocycles. The molecule has 0 bridgehead atoms. The van der Waals surface area contributed by atoms with E-state index in [2.05, 4.69) is 35.1 Å². The van der Waals surface area contributed by atoms with Crippen molar-refractivity contribution in [3.63, 3.8) is 0 Å². The molecule has 2 aliphatic rings. The molecule has 2 aromatic rings. The number of nitrogens with zero attached hydrogens (tertiary/aromatic N) is 3. The Bertz CT molecular complexity index is 707. The van der Waals surface area contributed by atoms with E-state index in [0.29, 0.717) is 6.04 Å². The molecule has 1 aromatic heterocycles. The summed E-state index contributed by atoms with van der Waals surface area (Å²) in [4.78, 5) is 2.63. The quantitative estimate of drug-likeness (QED) is 0.803. The van der Waals surface area contributed by atoms with Crippen LogP contribution in [0.1, 0.15) is 24.5 Å². The first kappa shape index (κ1) is 19.2. The van der Waals surface area contributed by atoms with Crippen molar-refractivity contribution >= 4 is 12.4 Å². The molecule has 1 fully saturated rings. The molecule has 1 aromatic carbocycles. The lowest BCUT2D eigenvalue weighted by Gasteiger charge is -2.47. The molecule has 0 amide bonds. The van der Waals surface area contributed by atoms with Gasteiger partial charge < -0.3 is 9.47 Å². The molecule has 6 heteroatoms. The van der Waals surface area contributed by atoms with Crippen LogP contribution in [0.25, 0.3) is 0 Å². The van der Waals surface area contributed by atoms with E-state index < -0.39 is 0 Å². The fourth-order valence-electron chi connectivity index (χ4n) is 4.37. The van der Waals surface area contributed by atoms with Crippen molar-refractivity contribution in [2.45, 2.75) is 51.0 Å². The Morgan fingerprint density at radius 3 is 2.88 bits per heavy atom. The number of hydrogen-bond donors (Lipinski definition) is 0. The predicted molar refractivity (Wildman–Crippen MR) is 104 cm³/mol. The second kappa shape index (κ2) is 8.42. The van der Waals surface area contributed by atoms with Crippen LogP contribution in [0.5, 0.6) is 5.75 Å². The van der Waals surface area contributed by atoms with Crippen LogP contribution in [0, 0.1) is 0 Å². The van der Waals surface area contributed by atoms with Crippen LogP contribution in [0.4, 0.5) is 0 Å². The highest BCUT2D eigenvalue weighted by molar-refractivity contribution is 5.85. The highest BCUT2D eigenvalue weighted by Crippen LogP contribution is 2.35. The zero-order valence-corrected chi connectivity index (χ0v) is 16.3. The number of hydrogen-bond acceptors (Lipinski definition) is 4.